The first-order chi connectivity index (χ1) is 12.7. The van der Waals surface area contributed by atoms with Crippen LogP contribution in [-0.2, 0) is 9.39 Å². The first-order valence-corrected chi connectivity index (χ1v) is 9.17. The SMILES string of the molecule is COc1ccc2c(B(O)OC(C)(C)C(C)(C)O)cn(C(=O)OC(C)(C)C)c2c1. The van der Waals surface area contributed by atoms with Crippen molar-refractivity contribution < 1.29 is 29.1 Å². The Morgan fingerprint density at radius 2 is 1.71 bits per heavy atom. The van der Waals surface area contributed by atoms with Crippen LogP contribution in [0.3, 0.4) is 0 Å². The molecule has 0 bridgehead atoms. The van der Waals surface area contributed by atoms with Crippen molar-refractivity contribution in [3.8, 4) is 5.75 Å². The molecule has 0 saturated heterocycles. The van der Waals surface area contributed by atoms with Crippen molar-refractivity contribution in [2.24, 2.45) is 0 Å². The fourth-order valence-electron chi connectivity index (χ4n) is 2.51. The zero-order valence-corrected chi connectivity index (χ0v) is 17.9. The van der Waals surface area contributed by atoms with E-state index in [0.29, 0.717) is 22.1 Å². The molecule has 0 aliphatic rings. The molecule has 2 aromatic rings. The monoisotopic (exact) mass is 391 g/mol. The summed E-state index contributed by atoms with van der Waals surface area (Å²) >= 11 is 0. The Kier molecular flexibility index (Phi) is 5.90. The Hall–Kier alpha value is -2.03. The van der Waals surface area contributed by atoms with Crippen LogP contribution >= 0.6 is 0 Å². The third-order valence-electron chi connectivity index (χ3n) is 4.78. The fraction of sp³-hybridized carbons (Fsp3) is 0.550. The molecule has 28 heavy (non-hydrogen) atoms. The van der Waals surface area contributed by atoms with Gasteiger partial charge in [0.05, 0.1) is 23.8 Å². The van der Waals surface area contributed by atoms with Crippen molar-refractivity contribution in [1.82, 2.24) is 4.57 Å². The van der Waals surface area contributed by atoms with Crippen LogP contribution in [-0.4, -0.2) is 51.8 Å². The molecule has 0 radical (unpaired) electrons. The summed E-state index contributed by atoms with van der Waals surface area (Å²) in [6.07, 6.45) is 0.912. The summed E-state index contributed by atoms with van der Waals surface area (Å²) in [5.41, 5.74) is -2.00. The standard InChI is InChI=1S/C20H30BNO6/c1-18(2,3)27-17(23)22-12-15(14-10-9-13(26-8)11-16(14)22)21(25)28-20(6,7)19(4,5)24/h9-12,24-25H,1-8H3. The number of hydrogen-bond acceptors (Lipinski definition) is 6. The molecular formula is C20H30BNO6. The molecule has 0 aliphatic carbocycles. The highest BCUT2D eigenvalue weighted by atomic mass is 16.6. The molecule has 1 aromatic heterocycles. The normalized spacial score (nSPS) is 12.9. The number of fused-ring (bicyclic) bond motifs is 1. The number of carbonyl (C=O) groups excluding carboxylic acids is 1. The van der Waals surface area contributed by atoms with Gasteiger partial charge in [-0.25, -0.2) is 4.79 Å². The van der Waals surface area contributed by atoms with E-state index < -0.39 is 30.0 Å². The van der Waals surface area contributed by atoms with Gasteiger partial charge in [0.1, 0.15) is 11.4 Å². The van der Waals surface area contributed by atoms with Crippen LogP contribution in [0, 0.1) is 0 Å². The third-order valence-corrected chi connectivity index (χ3v) is 4.78. The topological polar surface area (TPSA) is 90.2 Å². The van der Waals surface area contributed by atoms with Crippen LogP contribution in [0.15, 0.2) is 24.4 Å². The van der Waals surface area contributed by atoms with E-state index in [0.717, 1.165) is 0 Å². The van der Waals surface area contributed by atoms with Crippen LogP contribution < -0.4 is 10.2 Å². The maximum Gasteiger partial charge on any atom is 0.493 e. The van der Waals surface area contributed by atoms with Crippen LogP contribution in [0.4, 0.5) is 4.79 Å². The molecule has 0 saturated carbocycles. The molecule has 0 aliphatic heterocycles. The molecule has 8 heteroatoms. The van der Waals surface area contributed by atoms with E-state index in [2.05, 4.69) is 0 Å². The number of aliphatic hydroxyl groups is 1. The zero-order chi connectivity index (χ0) is 21.5. The average molecular weight is 391 g/mol. The smallest absolute Gasteiger partial charge is 0.493 e. The van der Waals surface area contributed by atoms with Crippen molar-refractivity contribution in [2.45, 2.75) is 65.3 Å². The van der Waals surface area contributed by atoms with Gasteiger partial charge in [-0.15, -0.1) is 0 Å². The van der Waals surface area contributed by atoms with E-state index in [1.165, 1.54) is 17.9 Å². The van der Waals surface area contributed by atoms with E-state index in [9.17, 15) is 14.9 Å². The Balaban J connectivity index is 2.53. The predicted molar refractivity (Wildman–Crippen MR) is 109 cm³/mol. The lowest BCUT2D eigenvalue weighted by molar-refractivity contribution is -0.0982. The van der Waals surface area contributed by atoms with E-state index >= 15 is 0 Å². The first-order valence-electron chi connectivity index (χ1n) is 9.17. The third kappa shape index (κ3) is 4.68. The van der Waals surface area contributed by atoms with Crippen LogP contribution in [0.25, 0.3) is 10.9 Å². The summed E-state index contributed by atoms with van der Waals surface area (Å²) in [6, 6.07) is 5.17. The molecule has 7 nitrogen and oxygen atoms in total. The molecule has 0 spiro atoms. The van der Waals surface area contributed by atoms with E-state index in [1.54, 1.807) is 66.7 Å². The molecule has 0 atom stereocenters. The number of nitrogens with zero attached hydrogens (tertiary/aromatic N) is 1. The minimum Gasteiger partial charge on any atom is -0.497 e. The quantitative estimate of drug-likeness (QED) is 0.762. The molecule has 0 amide bonds. The molecule has 2 N–H and O–H groups in total. The summed E-state index contributed by atoms with van der Waals surface area (Å²) in [7, 11) is 0.174. The lowest BCUT2D eigenvalue weighted by Crippen LogP contribution is -2.53. The maximum atomic E-state index is 12.7. The van der Waals surface area contributed by atoms with Gasteiger partial charge in [-0.3, -0.25) is 4.57 Å². The second-order valence-corrected chi connectivity index (χ2v) is 8.86. The zero-order valence-electron chi connectivity index (χ0n) is 17.9. The van der Waals surface area contributed by atoms with Gasteiger partial charge < -0.3 is 24.3 Å². The second-order valence-electron chi connectivity index (χ2n) is 8.86. The van der Waals surface area contributed by atoms with E-state index in [1.807, 2.05) is 0 Å². The van der Waals surface area contributed by atoms with Gasteiger partial charge >= 0.3 is 13.2 Å². The second kappa shape index (κ2) is 7.42. The number of ether oxygens (including phenoxy) is 2. The largest absolute Gasteiger partial charge is 0.497 e. The molecule has 1 aromatic carbocycles. The van der Waals surface area contributed by atoms with Gasteiger partial charge in [-0.2, -0.15) is 0 Å². The minimum absolute atomic E-state index is 0.390. The Bertz CT molecular complexity index is 860. The summed E-state index contributed by atoms with van der Waals surface area (Å²) in [5.74, 6) is 0.564. The fourth-order valence-corrected chi connectivity index (χ4v) is 2.51. The molecule has 2 rings (SSSR count). The van der Waals surface area contributed by atoms with Crippen LogP contribution in [0.5, 0.6) is 5.75 Å². The number of hydrogen-bond donors (Lipinski definition) is 2. The summed E-state index contributed by atoms with van der Waals surface area (Å²) < 4.78 is 17.8. The summed E-state index contributed by atoms with van der Waals surface area (Å²) in [4.78, 5) is 12.7. The van der Waals surface area contributed by atoms with Gasteiger partial charge in [-0.05, 0) is 60.6 Å². The molecule has 0 fully saturated rings. The lowest BCUT2D eigenvalue weighted by atomic mass is 9.76. The summed E-state index contributed by atoms with van der Waals surface area (Å²) in [5, 5.41) is 21.7. The highest BCUT2D eigenvalue weighted by Gasteiger charge is 2.40. The van der Waals surface area contributed by atoms with Gasteiger partial charge in [0, 0.05) is 23.1 Å². The highest BCUT2D eigenvalue weighted by Crippen LogP contribution is 2.27. The molecule has 154 valence electrons. The van der Waals surface area contributed by atoms with Crippen molar-refractivity contribution in [1.29, 1.82) is 0 Å². The Morgan fingerprint density at radius 3 is 2.21 bits per heavy atom. The van der Waals surface area contributed by atoms with Crippen molar-refractivity contribution in [3.63, 3.8) is 0 Å². The number of methoxy groups -OCH3 is 1. The van der Waals surface area contributed by atoms with Gasteiger partial charge in [0.2, 0.25) is 0 Å². The maximum absolute atomic E-state index is 12.7. The molecule has 1 heterocycles. The van der Waals surface area contributed by atoms with Crippen molar-refractivity contribution in [3.05, 3.63) is 24.4 Å². The minimum atomic E-state index is -1.36. The van der Waals surface area contributed by atoms with Crippen molar-refractivity contribution in [2.75, 3.05) is 7.11 Å². The van der Waals surface area contributed by atoms with Crippen LogP contribution in [0.1, 0.15) is 48.5 Å². The van der Waals surface area contributed by atoms with Crippen LogP contribution in [0.2, 0.25) is 0 Å². The number of benzene rings is 1. The van der Waals surface area contributed by atoms with Gasteiger partial charge in [0.25, 0.3) is 0 Å². The first kappa shape index (κ1) is 22.3. The van der Waals surface area contributed by atoms with Gasteiger partial charge in [0.15, 0.2) is 0 Å². The number of aromatic nitrogens is 1. The average Bonchev–Trinajstić information content (AvgIpc) is 2.90. The van der Waals surface area contributed by atoms with E-state index in [-0.39, 0.29) is 0 Å². The highest BCUT2D eigenvalue weighted by molar-refractivity contribution is 6.63. The number of rotatable bonds is 5. The van der Waals surface area contributed by atoms with E-state index in [4.69, 9.17) is 14.1 Å². The van der Waals surface area contributed by atoms with Gasteiger partial charge in [-0.1, -0.05) is 0 Å². The van der Waals surface area contributed by atoms with Crippen molar-refractivity contribution >= 4 is 29.6 Å². The lowest BCUT2D eigenvalue weighted by Gasteiger charge is -2.38. The summed E-state index contributed by atoms with van der Waals surface area (Å²) in [6.45, 7) is 11.9. The Labute approximate surface area is 166 Å². The predicted octanol–water partition coefficient (Wildman–Crippen LogP) is 2.69. The Morgan fingerprint density at radius 1 is 1.11 bits per heavy atom. The molecule has 0 unspecified atom stereocenters. The molecular weight excluding hydrogens is 361 g/mol. The number of carbonyl (C=O) groups is 1.